The zero-order chi connectivity index (χ0) is 22.7. The minimum Gasteiger partial charge on any atom is -0.406 e. The van der Waals surface area contributed by atoms with Gasteiger partial charge in [0.05, 0.1) is 0 Å². The second-order valence-corrected chi connectivity index (χ2v) is 10.2. The highest BCUT2D eigenvalue weighted by Gasteiger charge is 2.31. The van der Waals surface area contributed by atoms with Crippen molar-refractivity contribution in [1.82, 2.24) is 0 Å². The molecule has 2 saturated carbocycles. The molecule has 0 aromatic heterocycles. The second-order valence-electron chi connectivity index (χ2n) is 10.2. The molecule has 0 N–H and O–H groups in total. The van der Waals surface area contributed by atoms with Crippen LogP contribution in [-0.2, 0) is 6.32 Å². The summed E-state index contributed by atoms with van der Waals surface area (Å²) in [5.41, 5.74) is 1.05. The molecule has 32 heavy (non-hydrogen) atoms. The van der Waals surface area contributed by atoms with Crippen molar-refractivity contribution < 1.29 is 17.9 Å². The fourth-order valence-corrected chi connectivity index (χ4v) is 5.89. The lowest BCUT2D eigenvalue weighted by atomic mass is 9.57. The summed E-state index contributed by atoms with van der Waals surface area (Å²) in [4.78, 5) is 0. The monoisotopic (exact) mass is 449 g/mol. The highest BCUT2D eigenvalue weighted by Crippen LogP contribution is 2.37. The quantitative estimate of drug-likeness (QED) is 0.407. The van der Waals surface area contributed by atoms with Crippen LogP contribution in [0.3, 0.4) is 0 Å². The van der Waals surface area contributed by atoms with Crippen LogP contribution in [0.25, 0.3) is 0 Å². The van der Waals surface area contributed by atoms with Gasteiger partial charge in [-0.1, -0.05) is 133 Å². The molecule has 1 aromatic rings. The Hall–Kier alpha value is -1.13. The topological polar surface area (TPSA) is 9.23 Å². The molecule has 0 spiro atoms. The standard InChI is InChI=1S/C27H41BF3O/c29-27(30,31)32-26-19-17-22(18-20-26)21-28-25-15-9-8-13-24(14-10-16-25)23-11-6-4-2-1-3-5-7-12-23/h17-20,23-25H,1-16,21H2. The summed E-state index contributed by atoms with van der Waals surface area (Å²) >= 11 is 0. The Morgan fingerprint density at radius 2 is 1.12 bits per heavy atom. The van der Waals surface area contributed by atoms with Gasteiger partial charge in [0.1, 0.15) is 13.0 Å². The number of ether oxygens (including phenoxy) is 1. The molecule has 179 valence electrons. The molecule has 3 rings (SSSR count). The van der Waals surface area contributed by atoms with Crippen LogP contribution in [0.2, 0.25) is 5.82 Å². The predicted octanol–water partition coefficient (Wildman–Crippen LogP) is 9.08. The predicted molar refractivity (Wildman–Crippen MR) is 127 cm³/mol. The van der Waals surface area contributed by atoms with Gasteiger partial charge < -0.3 is 4.74 Å². The third kappa shape index (κ3) is 9.79. The molecule has 0 bridgehead atoms. The van der Waals surface area contributed by atoms with Crippen LogP contribution in [0.1, 0.15) is 108 Å². The Labute approximate surface area is 194 Å². The Morgan fingerprint density at radius 1 is 0.656 bits per heavy atom. The SMILES string of the molecule is FC(F)(F)Oc1ccc(C[B]C2CCCCC(C3CCCCCCCCC3)CCC2)cc1. The zero-order valence-corrected chi connectivity index (χ0v) is 19.7. The maximum atomic E-state index is 12.3. The van der Waals surface area contributed by atoms with Crippen LogP contribution in [-0.4, -0.2) is 13.6 Å². The Kier molecular flexibility index (Phi) is 10.8. The van der Waals surface area contributed by atoms with E-state index >= 15 is 0 Å². The molecule has 0 aliphatic heterocycles. The molecule has 0 amide bonds. The average molecular weight is 449 g/mol. The van der Waals surface area contributed by atoms with Crippen LogP contribution in [0.4, 0.5) is 13.2 Å². The van der Waals surface area contributed by atoms with Crippen molar-refractivity contribution in [3.63, 3.8) is 0 Å². The number of rotatable bonds is 5. The summed E-state index contributed by atoms with van der Waals surface area (Å²) < 4.78 is 41.0. The van der Waals surface area contributed by atoms with Crippen molar-refractivity contribution in [1.29, 1.82) is 0 Å². The number of hydrogen-bond acceptors (Lipinski definition) is 1. The lowest BCUT2D eigenvalue weighted by Gasteiger charge is -2.28. The largest absolute Gasteiger partial charge is 0.573 e. The molecule has 2 fully saturated rings. The first-order valence-electron chi connectivity index (χ1n) is 13.2. The van der Waals surface area contributed by atoms with Crippen molar-refractivity contribution >= 4 is 7.28 Å². The van der Waals surface area contributed by atoms with Crippen LogP contribution in [0, 0.1) is 11.8 Å². The van der Waals surface area contributed by atoms with Gasteiger partial charge in [-0.15, -0.1) is 13.2 Å². The smallest absolute Gasteiger partial charge is 0.406 e. The summed E-state index contributed by atoms with van der Waals surface area (Å²) in [6.45, 7) is 0. The summed E-state index contributed by atoms with van der Waals surface area (Å²) in [5.74, 6) is 2.36. The van der Waals surface area contributed by atoms with Gasteiger partial charge in [0.25, 0.3) is 0 Å². The molecule has 1 radical (unpaired) electrons. The first-order valence-corrected chi connectivity index (χ1v) is 13.2. The van der Waals surface area contributed by atoms with E-state index in [1.807, 2.05) is 0 Å². The fourth-order valence-electron chi connectivity index (χ4n) is 5.89. The van der Waals surface area contributed by atoms with Gasteiger partial charge in [-0.3, -0.25) is 0 Å². The Morgan fingerprint density at radius 3 is 1.72 bits per heavy atom. The first-order chi connectivity index (χ1) is 15.5. The molecule has 1 aromatic carbocycles. The van der Waals surface area contributed by atoms with E-state index in [1.165, 1.54) is 115 Å². The molecular weight excluding hydrogens is 408 g/mol. The van der Waals surface area contributed by atoms with E-state index in [0.29, 0.717) is 5.82 Å². The molecule has 0 saturated heterocycles. The summed E-state index contributed by atoms with van der Waals surface area (Å²) in [5, 5.41) is 0. The van der Waals surface area contributed by atoms with Gasteiger partial charge in [0, 0.05) is 0 Å². The van der Waals surface area contributed by atoms with Crippen molar-refractivity contribution in [3.05, 3.63) is 29.8 Å². The van der Waals surface area contributed by atoms with E-state index < -0.39 is 6.36 Å². The zero-order valence-electron chi connectivity index (χ0n) is 19.7. The first kappa shape index (κ1) is 25.5. The third-order valence-electron chi connectivity index (χ3n) is 7.71. The summed E-state index contributed by atoms with van der Waals surface area (Å²) in [6, 6.07) is 6.34. The van der Waals surface area contributed by atoms with Gasteiger partial charge in [-0.25, -0.2) is 0 Å². The molecular formula is C27H41BF3O. The van der Waals surface area contributed by atoms with Gasteiger partial charge >= 0.3 is 6.36 Å². The van der Waals surface area contributed by atoms with Gasteiger partial charge in [0.15, 0.2) is 0 Å². The Balaban J connectivity index is 1.43. The number of halogens is 3. The maximum Gasteiger partial charge on any atom is 0.573 e. The second kappa shape index (κ2) is 13.6. The fraction of sp³-hybridized carbons (Fsp3) is 0.778. The van der Waals surface area contributed by atoms with E-state index in [9.17, 15) is 13.2 Å². The summed E-state index contributed by atoms with van der Waals surface area (Å²) in [7, 11) is 2.41. The van der Waals surface area contributed by atoms with Crippen LogP contribution in [0.15, 0.2) is 24.3 Å². The van der Waals surface area contributed by atoms with Gasteiger partial charge in [0.2, 0.25) is 0 Å². The molecule has 0 heterocycles. The average Bonchev–Trinajstić information content (AvgIpc) is 2.88. The van der Waals surface area contributed by atoms with Crippen molar-refractivity contribution in [3.8, 4) is 5.75 Å². The van der Waals surface area contributed by atoms with E-state index in [0.717, 1.165) is 23.7 Å². The lowest BCUT2D eigenvalue weighted by molar-refractivity contribution is -0.274. The van der Waals surface area contributed by atoms with Crippen LogP contribution < -0.4 is 4.74 Å². The lowest BCUT2D eigenvalue weighted by Crippen LogP contribution is -2.17. The maximum absolute atomic E-state index is 12.3. The minimum atomic E-state index is -4.63. The van der Waals surface area contributed by atoms with Crippen molar-refractivity contribution in [2.45, 2.75) is 121 Å². The molecule has 2 aliphatic carbocycles. The summed E-state index contributed by atoms with van der Waals surface area (Å²) in [6.07, 6.45) is 18.5. The number of alkyl halides is 3. The van der Waals surface area contributed by atoms with Crippen LogP contribution >= 0.6 is 0 Å². The van der Waals surface area contributed by atoms with Crippen molar-refractivity contribution in [2.24, 2.45) is 11.8 Å². The van der Waals surface area contributed by atoms with Crippen molar-refractivity contribution in [2.75, 3.05) is 0 Å². The van der Waals surface area contributed by atoms with E-state index in [2.05, 4.69) is 12.0 Å². The molecule has 5 heteroatoms. The van der Waals surface area contributed by atoms with E-state index in [1.54, 1.807) is 12.1 Å². The van der Waals surface area contributed by atoms with Gasteiger partial charge in [-0.05, 0) is 24.0 Å². The molecule has 2 atom stereocenters. The molecule has 2 unspecified atom stereocenters. The number of hydrogen-bond donors (Lipinski definition) is 0. The van der Waals surface area contributed by atoms with E-state index in [4.69, 9.17) is 0 Å². The highest BCUT2D eigenvalue weighted by molar-refractivity contribution is 6.37. The van der Waals surface area contributed by atoms with Crippen LogP contribution in [0.5, 0.6) is 5.75 Å². The van der Waals surface area contributed by atoms with E-state index in [-0.39, 0.29) is 5.75 Å². The third-order valence-corrected chi connectivity index (χ3v) is 7.71. The normalized spacial score (nSPS) is 25.2. The molecule has 2 aliphatic rings. The molecule has 1 nitrogen and oxygen atoms in total. The number of benzene rings is 1. The highest BCUT2D eigenvalue weighted by atomic mass is 19.4. The minimum absolute atomic E-state index is 0.143. The van der Waals surface area contributed by atoms with Gasteiger partial charge in [-0.2, -0.15) is 0 Å². The Bertz CT molecular complexity index is 621.